The normalized spacial score (nSPS) is 12.6. The van der Waals surface area contributed by atoms with Crippen molar-refractivity contribution in [3.8, 4) is 0 Å². The maximum Gasteiger partial charge on any atom is 0.317 e. The summed E-state index contributed by atoms with van der Waals surface area (Å²) >= 11 is 0. The van der Waals surface area contributed by atoms with E-state index in [1.54, 1.807) is 0 Å². The molecule has 0 aliphatic rings. The highest BCUT2D eigenvalue weighted by Crippen LogP contribution is 2.10. The first-order chi connectivity index (χ1) is 7.97. The SMILES string of the molecule is CCCCCCC(C)N(CC(=O)O)CC(=O)O. The molecule has 2 N–H and O–H groups in total. The van der Waals surface area contributed by atoms with Gasteiger partial charge in [0.1, 0.15) is 0 Å². The van der Waals surface area contributed by atoms with E-state index in [0.717, 1.165) is 25.7 Å². The van der Waals surface area contributed by atoms with Gasteiger partial charge in [0, 0.05) is 6.04 Å². The van der Waals surface area contributed by atoms with Crippen molar-refractivity contribution in [3.05, 3.63) is 0 Å². The minimum atomic E-state index is -0.980. The van der Waals surface area contributed by atoms with Crippen LogP contribution in [0.4, 0.5) is 0 Å². The van der Waals surface area contributed by atoms with Crippen molar-refractivity contribution in [2.45, 2.75) is 52.0 Å². The number of nitrogens with zero attached hydrogens (tertiary/aromatic N) is 1. The lowest BCUT2D eigenvalue weighted by atomic mass is 10.1. The van der Waals surface area contributed by atoms with Gasteiger partial charge in [-0.05, 0) is 13.3 Å². The lowest BCUT2D eigenvalue weighted by molar-refractivity contribution is -0.142. The van der Waals surface area contributed by atoms with Crippen molar-refractivity contribution < 1.29 is 19.8 Å². The summed E-state index contributed by atoms with van der Waals surface area (Å²) in [5, 5.41) is 17.4. The van der Waals surface area contributed by atoms with Crippen molar-refractivity contribution in [2.24, 2.45) is 0 Å². The number of carboxylic acid groups (broad SMARTS) is 2. The number of hydrogen-bond donors (Lipinski definition) is 2. The maximum atomic E-state index is 10.6. The topological polar surface area (TPSA) is 77.8 Å². The van der Waals surface area contributed by atoms with E-state index in [1.807, 2.05) is 6.92 Å². The summed E-state index contributed by atoms with van der Waals surface area (Å²) in [5.74, 6) is -1.96. The Balaban J connectivity index is 4.07. The van der Waals surface area contributed by atoms with E-state index in [4.69, 9.17) is 10.2 Å². The standard InChI is InChI=1S/C12H23NO4/c1-3-4-5-6-7-10(2)13(8-11(14)15)9-12(16)17/h10H,3-9H2,1-2H3,(H,14,15)(H,16,17). The zero-order valence-electron chi connectivity index (χ0n) is 10.7. The molecule has 1 atom stereocenters. The van der Waals surface area contributed by atoms with Gasteiger partial charge in [0.2, 0.25) is 0 Å². The second kappa shape index (κ2) is 8.98. The molecule has 0 aromatic carbocycles. The number of unbranched alkanes of at least 4 members (excludes halogenated alkanes) is 3. The number of rotatable bonds is 10. The third-order valence-corrected chi connectivity index (χ3v) is 2.78. The number of aliphatic carboxylic acids is 2. The van der Waals surface area contributed by atoms with Gasteiger partial charge in [0.25, 0.3) is 0 Å². The smallest absolute Gasteiger partial charge is 0.317 e. The highest BCUT2D eigenvalue weighted by molar-refractivity contribution is 5.72. The minimum absolute atomic E-state index is 0.000874. The fourth-order valence-electron chi connectivity index (χ4n) is 1.76. The fraction of sp³-hybridized carbons (Fsp3) is 0.833. The average molecular weight is 245 g/mol. The molecule has 1 unspecified atom stereocenters. The Kier molecular flexibility index (Phi) is 8.40. The Hall–Kier alpha value is -1.10. The summed E-state index contributed by atoms with van der Waals surface area (Å²) in [6.45, 7) is 3.60. The number of carbonyl (C=O) groups is 2. The maximum absolute atomic E-state index is 10.6. The molecular formula is C12H23NO4. The van der Waals surface area contributed by atoms with Gasteiger partial charge in [-0.2, -0.15) is 0 Å². The van der Waals surface area contributed by atoms with Gasteiger partial charge in [-0.25, -0.2) is 0 Å². The van der Waals surface area contributed by atoms with Gasteiger partial charge in [-0.1, -0.05) is 32.6 Å². The molecule has 0 fully saturated rings. The van der Waals surface area contributed by atoms with Gasteiger partial charge < -0.3 is 10.2 Å². The van der Waals surface area contributed by atoms with E-state index in [9.17, 15) is 9.59 Å². The van der Waals surface area contributed by atoms with Crippen molar-refractivity contribution in [1.29, 1.82) is 0 Å². The summed E-state index contributed by atoms with van der Waals surface area (Å²) in [7, 11) is 0. The molecule has 5 nitrogen and oxygen atoms in total. The van der Waals surface area contributed by atoms with Gasteiger partial charge in [-0.15, -0.1) is 0 Å². The van der Waals surface area contributed by atoms with Crippen LogP contribution in [0.5, 0.6) is 0 Å². The van der Waals surface area contributed by atoms with Crippen LogP contribution in [0.25, 0.3) is 0 Å². The Morgan fingerprint density at radius 3 is 2.00 bits per heavy atom. The molecule has 100 valence electrons. The zero-order chi connectivity index (χ0) is 13.3. The molecule has 0 saturated carbocycles. The van der Waals surface area contributed by atoms with Gasteiger partial charge in [0.05, 0.1) is 13.1 Å². The molecule has 0 rings (SSSR count). The molecule has 0 aromatic heterocycles. The zero-order valence-corrected chi connectivity index (χ0v) is 10.7. The number of hydrogen-bond acceptors (Lipinski definition) is 3. The lowest BCUT2D eigenvalue weighted by Gasteiger charge is -2.25. The van der Waals surface area contributed by atoms with Gasteiger partial charge in [-0.3, -0.25) is 14.5 Å². The van der Waals surface area contributed by atoms with Crippen molar-refractivity contribution >= 4 is 11.9 Å². The van der Waals surface area contributed by atoms with Crippen LogP contribution in [0.1, 0.15) is 46.0 Å². The van der Waals surface area contributed by atoms with Crippen LogP contribution in [0.15, 0.2) is 0 Å². The van der Waals surface area contributed by atoms with E-state index >= 15 is 0 Å². The number of carboxylic acids is 2. The van der Waals surface area contributed by atoms with Crippen molar-refractivity contribution in [1.82, 2.24) is 4.90 Å². The molecule has 0 aromatic rings. The predicted octanol–water partition coefficient (Wildman–Crippen LogP) is 1.82. The van der Waals surface area contributed by atoms with Crippen LogP contribution >= 0.6 is 0 Å². The summed E-state index contributed by atoms with van der Waals surface area (Å²) in [5.41, 5.74) is 0. The van der Waals surface area contributed by atoms with Gasteiger partial charge >= 0.3 is 11.9 Å². The molecule has 0 radical (unpaired) electrons. The molecule has 5 heteroatoms. The van der Waals surface area contributed by atoms with E-state index in [-0.39, 0.29) is 19.1 Å². The first-order valence-corrected chi connectivity index (χ1v) is 6.15. The molecule has 0 aliphatic heterocycles. The van der Waals surface area contributed by atoms with Crippen LogP contribution in [0.2, 0.25) is 0 Å². The monoisotopic (exact) mass is 245 g/mol. The minimum Gasteiger partial charge on any atom is -0.480 e. The Bertz CT molecular complexity index is 227. The molecule has 0 amide bonds. The second-order valence-electron chi connectivity index (χ2n) is 4.39. The summed E-state index contributed by atoms with van der Waals surface area (Å²) in [6.07, 6.45) is 5.31. The third kappa shape index (κ3) is 8.68. The van der Waals surface area contributed by atoms with E-state index in [1.165, 1.54) is 11.3 Å². The summed E-state index contributed by atoms with van der Waals surface area (Å²) in [4.78, 5) is 22.8. The molecule has 0 spiro atoms. The summed E-state index contributed by atoms with van der Waals surface area (Å²) < 4.78 is 0. The first-order valence-electron chi connectivity index (χ1n) is 6.15. The van der Waals surface area contributed by atoms with Crippen LogP contribution in [0.3, 0.4) is 0 Å². The highest BCUT2D eigenvalue weighted by Gasteiger charge is 2.19. The largest absolute Gasteiger partial charge is 0.480 e. The first kappa shape index (κ1) is 15.9. The van der Waals surface area contributed by atoms with Crippen molar-refractivity contribution in [2.75, 3.05) is 13.1 Å². The van der Waals surface area contributed by atoms with Crippen LogP contribution < -0.4 is 0 Å². The quantitative estimate of drug-likeness (QED) is 0.574. The Morgan fingerprint density at radius 1 is 1.06 bits per heavy atom. The lowest BCUT2D eigenvalue weighted by Crippen LogP contribution is -2.40. The molecule has 0 heterocycles. The van der Waals surface area contributed by atoms with E-state index in [2.05, 4.69) is 6.92 Å². The van der Waals surface area contributed by atoms with Crippen LogP contribution in [0, 0.1) is 0 Å². The molecule has 0 aliphatic carbocycles. The summed E-state index contributed by atoms with van der Waals surface area (Å²) in [6, 6.07) is -0.000874. The average Bonchev–Trinajstić information content (AvgIpc) is 2.22. The third-order valence-electron chi connectivity index (χ3n) is 2.78. The van der Waals surface area contributed by atoms with E-state index < -0.39 is 11.9 Å². The van der Waals surface area contributed by atoms with Crippen LogP contribution in [-0.4, -0.2) is 46.2 Å². The fourth-order valence-corrected chi connectivity index (χ4v) is 1.76. The molecular weight excluding hydrogens is 222 g/mol. The molecule has 17 heavy (non-hydrogen) atoms. The Labute approximate surface area is 102 Å². The highest BCUT2D eigenvalue weighted by atomic mass is 16.4. The Morgan fingerprint density at radius 2 is 1.59 bits per heavy atom. The van der Waals surface area contributed by atoms with Crippen LogP contribution in [-0.2, 0) is 9.59 Å². The van der Waals surface area contributed by atoms with E-state index in [0.29, 0.717) is 0 Å². The van der Waals surface area contributed by atoms with Crippen molar-refractivity contribution in [3.63, 3.8) is 0 Å². The predicted molar refractivity (Wildman–Crippen MR) is 65.1 cm³/mol. The molecule has 0 bridgehead atoms. The van der Waals surface area contributed by atoms with Gasteiger partial charge in [0.15, 0.2) is 0 Å². The molecule has 0 saturated heterocycles. The second-order valence-corrected chi connectivity index (χ2v) is 4.39.